The average molecular weight is 454 g/mol. The molecule has 0 unspecified atom stereocenters. The second-order valence-electron chi connectivity index (χ2n) is 6.18. The number of carbonyl (C=O) groups excluding carboxylic acids is 1. The molecule has 12 heteroatoms. The number of nitrogens with one attached hydrogen (secondary N) is 1. The molecule has 0 aliphatic carbocycles. The molecule has 0 aromatic heterocycles. The third-order valence-electron chi connectivity index (χ3n) is 3.81. The molecule has 1 N–H and O–H groups in total. The zero-order valence-corrected chi connectivity index (χ0v) is 16.0. The Labute approximate surface area is 168 Å². The summed E-state index contributed by atoms with van der Waals surface area (Å²) in [5, 5.41) is 1.55. The quantitative estimate of drug-likeness (QED) is 0.651. The van der Waals surface area contributed by atoms with Gasteiger partial charge in [0.1, 0.15) is 6.54 Å². The summed E-state index contributed by atoms with van der Waals surface area (Å²) in [6.45, 7) is -3.11. The monoisotopic (exact) mass is 454 g/mol. The molecular formula is C18H16F6N2O3S. The lowest BCUT2D eigenvalue weighted by atomic mass is 10.2. The Morgan fingerprint density at radius 3 is 2.13 bits per heavy atom. The summed E-state index contributed by atoms with van der Waals surface area (Å²) in [6, 6.07) is 10.6. The Kier molecular flexibility index (Phi) is 7.14. The maximum atomic E-state index is 12.9. The highest BCUT2D eigenvalue weighted by molar-refractivity contribution is 7.89. The van der Waals surface area contributed by atoms with Gasteiger partial charge in [-0.3, -0.25) is 4.79 Å². The van der Waals surface area contributed by atoms with Crippen LogP contribution >= 0.6 is 0 Å². The molecule has 0 spiro atoms. The Bertz CT molecular complexity index is 975. The molecule has 2 rings (SSSR count). The summed E-state index contributed by atoms with van der Waals surface area (Å²) < 4.78 is 102. The van der Waals surface area contributed by atoms with Crippen LogP contribution < -0.4 is 5.32 Å². The summed E-state index contributed by atoms with van der Waals surface area (Å²) in [4.78, 5) is 11.2. The number of amides is 1. The van der Waals surface area contributed by atoms with Gasteiger partial charge in [-0.1, -0.05) is 36.4 Å². The van der Waals surface area contributed by atoms with Gasteiger partial charge in [0.2, 0.25) is 15.9 Å². The molecule has 2 aromatic carbocycles. The smallest absolute Gasteiger partial charge is 0.346 e. The Morgan fingerprint density at radius 1 is 0.933 bits per heavy atom. The van der Waals surface area contributed by atoms with Crippen molar-refractivity contribution in [2.75, 3.05) is 13.1 Å². The normalized spacial score (nSPS) is 12.8. The van der Waals surface area contributed by atoms with Crippen LogP contribution in [0.3, 0.4) is 0 Å². The van der Waals surface area contributed by atoms with Gasteiger partial charge in [0.25, 0.3) is 0 Å². The molecule has 0 atom stereocenters. The topological polar surface area (TPSA) is 66.5 Å². The molecule has 5 nitrogen and oxygen atoms in total. The highest BCUT2D eigenvalue weighted by Crippen LogP contribution is 2.31. The molecule has 1 amide bonds. The third kappa shape index (κ3) is 6.73. The summed E-state index contributed by atoms with van der Waals surface area (Å²) in [5.74, 6) is -1.25. The zero-order valence-electron chi connectivity index (χ0n) is 15.2. The molecule has 0 fully saturated rings. The number of rotatable bonds is 7. The molecular weight excluding hydrogens is 438 g/mol. The van der Waals surface area contributed by atoms with Gasteiger partial charge in [-0.15, -0.1) is 0 Å². The molecule has 0 aliphatic heterocycles. The number of benzene rings is 2. The van der Waals surface area contributed by atoms with Crippen LogP contribution in [0.5, 0.6) is 0 Å². The van der Waals surface area contributed by atoms with E-state index in [0.29, 0.717) is 22.0 Å². The van der Waals surface area contributed by atoms with Gasteiger partial charge in [0.15, 0.2) is 0 Å². The molecule has 2 aromatic rings. The molecule has 0 bridgehead atoms. The van der Waals surface area contributed by atoms with E-state index in [1.54, 1.807) is 23.5 Å². The second kappa shape index (κ2) is 9.04. The van der Waals surface area contributed by atoms with Crippen molar-refractivity contribution in [3.05, 3.63) is 65.7 Å². The van der Waals surface area contributed by atoms with Crippen molar-refractivity contribution in [1.29, 1.82) is 0 Å². The second-order valence-corrected chi connectivity index (χ2v) is 8.11. The van der Waals surface area contributed by atoms with E-state index in [2.05, 4.69) is 0 Å². The van der Waals surface area contributed by atoms with E-state index in [1.807, 2.05) is 0 Å². The van der Waals surface area contributed by atoms with E-state index in [-0.39, 0.29) is 0 Å². The predicted molar refractivity (Wildman–Crippen MR) is 94.5 cm³/mol. The van der Waals surface area contributed by atoms with E-state index in [4.69, 9.17) is 0 Å². The van der Waals surface area contributed by atoms with E-state index in [1.165, 1.54) is 12.1 Å². The summed E-state index contributed by atoms with van der Waals surface area (Å²) >= 11 is 0. The first-order chi connectivity index (χ1) is 13.8. The van der Waals surface area contributed by atoms with Crippen LogP contribution in [0.25, 0.3) is 0 Å². The van der Waals surface area contributed by atoms with Crippen molar-refractivity contribution in [2.45, 2.75) is 23.8 Å². The van der Waals surface area contributed by atoms with Crippen LogP contribution in [0.4, 0.5) is 26.3 Å². The Balaban J connectivity index is 2.36. The van der Waals surface area contributed by atoms with Crippen molar-refractivity contribution in [3.8, 4) is 0 Å². The molecule has 0 radical (unpaired) electrons. The first-order valence-electron chi connectivity index (χ1n) is 8.34. The molecule has 0 saturated heterocycles. The zero-order chi connectivity index (χ0) is 22.6. The van der Waals surface area contributed by atoms with E-state index >= 15 is 0 Å². The Hall–Kier alpha value is -2.60. The van der Waals surface area contributed by atoms with Crippen LogP contribution in [0.2, 0.25) is 0 Å². The van der Waals surface area contributed by atoms with Crippen molar-refractivity contribution in [2.24, 2.45) is 0 Å². The van der Waals surface area contributed by atoms with Gasteiger partial charge in [-0.25, -0.2) is 8.42 Å². The van der Waals surface area contributed by atoms with E-state index in [0.717, 1.165) is 12.1 Å². The maximum Gasteiger partial charge on any atom is 0.416 e. The van der Waals surface area contributed by atoms with Crippen molar-refractivity contribution >= 4 is 15.9 Å². The summed E-state index contributed by atoms with van der Waals surface area (Å²) in [5.41, 5.74) is -0.832. The molecule has 30 heavy (non-hydrogen) atoms. The first kappa shape index (κ1) is 23.7. The minimum atomic E-state index is -4.81. The summed E-state index contributed by atoms with van der Waals surface area (Å²) in [7, 11) is -4.64. The fraction of sp³-hybridized carbons (Fsp3) is 0.278. The minimum absolute atomic E-state index is 0.386. The van der Waals surface area contributed by atoms with Crippen molar-refractivity contribution < 1.29 is 39.6 Å². The van der Waals surface area contributed by atoms with Gasteiger partial charge in [0, 0.05) is 6.54 Å². The number of carbonyl (C=O) groups is 1. The van der Waals surface area contributed by atoms with Gasteiger partial charge < -0.3 is 5.32 Å². The van der Waals surface area contributed by atoms with E-state index in [9.17, 15) is 39.6 Å². The van der Waals surface area contributed by atoms with Gasteiger partial charge >= 0.3 is 12.4 Å². The van der Waals surface area contributed by atoms with E-state index < -0.39 is 58.4 Å². The van der Waals surface area contributed by atoms with Gasteiger partial charge in [0.05, 0.1) is 17.0 Å². The van der Waals surface area contributed by atoms with Crippen LogP contribution in [-0.2, 0) is 27.5 Å². The fourth-order valence-electron chi connectivity index (χ4n) is 2.41. The average Bonchev–Trinajstić information content (AvgIpc) is 2.65. The van der Waals surface area contributed by atoms with Crippen LogP contribution in [0.15, 0.2) is 59.5 Å². The number of sulfonamides is 1. The van der Waals surface area contributed by atoms with Gasteiger partial charge in [-0.05, 0) is 23.8 Å². The van der Waals surface area contributed by atoms with Crippen LogP contribution in [0, 0.1) is 0 Å². The van der Waals surface area contributed by atoms with Gasteiger partial charge in [-0.2, -0.15) is 30.6 Å². The molecule has 0 heterocycles. The number of nitrogens with zero attached hydrogens (tertiary/aromatic N) is 1. The molecule has 0 aliphatic rings. The lowest BCUT2D eigenvalue weighted by Gasteiger charge is -2.22. The number of hydrogen-bond acceptors (Lipinski definition) is 3. The highest BCUT2D eigenvalue weighted by atomic mass is 32.2. The standard InChI is InChI=1S/C18H16F6N2O3S/c19-17(20,21)12-25-16(27)11-26(10-13-5-2-1-3-6-13)30(28,29)15-8-4-7-14(9-15)18(22,23)24/h1-9H,10-12H2,(H,25,27). The highest BCUT2D eigenvalue weighted by Gasteiger charge is 2.34. The molecule has 0 saturated carbocycles. The summed E-state index contributed by atoms with van der Waals surface area (Å²) in [6.07, 6.45) is -9.51. The first-order valence-corrected chi connectivity index (χ1v) is 9.78. The van der Waals surface area contributed by atoms with Crippen molar-refractivity contribution in [3.63, 3.8) is 0 Å². The predicted octanol–water partition coefficient (Wildman–Crippen LogP) is 3.57. The molecule has 164 valence electrons. The van der Waals surface area contributed by atoms with Crippen LogP contribution in [-0.4, -0.2) is 37.9 Å². The van der Waals surface area contributed by atoms with Crippen molar-refractivity contribution in [1.82, 2.24) is 9.62 Å². The SMILES string of the molecule is O=C(CN(Cc1ccccc1)S(=O)(=O)c1cccc(C(F)(F)F)c1)NCC(F)(F)F. The number of halogens is 6. The lowest BCUT2D eigenvalue weighted by molar-refractivity contribution is -0.138. The van der Waals surface area contributed by atoms with Crippen LogP contribution in [0.1, 0.15) is 11.1 Å². The lowest BCUT2D eigenvalue weighted by Crippen LogP contribution is -2.43. The number of alkyl halides is 6. The minimum Gasteiger partial charge on any atom is -0.346 e. The third-order valence-corrected chi connectivity index (χ3v) is 5.59. The maximum absolute atomic E-state index is 12.9. The Morgan fingerprint density at radius 2 is 1.57 bits per heavy atom. The number of hydrogen-bond donors (Lipinski definition) is 1. The largest absolute Gasteiger partial charge is 0.416 e. The fourth-order valence-corrected chi connectivity index (χ4v) is 3.84.